The Bertz CT molecular complexity index is 748. The number of primary sulfonamides is 1. The number of amides is 1. The van der Waals surface area contributed by atoms with Gasteiger partial charge in [-0.1, -0.05) is 0 Å². The number of hydrogen-bond donors (Lipinski definition) is 2. The van der Waals surface area contributed by atoms with Crippen molar-refractivity contribution >= 4 is 37.5 Å². The molecular weight excluding hydrogens is 346 g/mol. The van der Waals surface area contributed by atoms with Crippen LogP contribution in [-0.4, -0.2) is 19.3 Å². The van der Waals surface area contributed by atoms with E-state index in [2.05, 4.69) is 26.2 Å². The third-order valence-corrected chi connectivity index (χ3v) is 4.31. The van der Waals surface area contributed by atoms with E-state index in [0.29, 0.717) is 11.3 Å². The summed E-state index contributed by atoms with van der Waals surface area (Å²) in [4.78, 5) is 15.7. The molecule has 0 fully saturated rings. The quantitative estimate of drug-likeness (QED) is 0.875. The van der Waals surface area contributed by atoms with Gasteiger partial charge in [0.05, 0.1) is 10.5 Å². The molecule has 0 bridgehead atoms. The number of nitrogens with one attached hydrogen (secondary N) is 1. The third kappa shape index (κ3) is 3.41. The SMILES string of the molecule is NS(=O)(=O)c1ccc(NC(=O)c2cccnc2)cc1Br. The van der Waals surface area contributed by atoms with Crippen molar-refractivity contribution in [3.05, 3.63) is 52.8 Å². The maximum absolute atomic E-state index is 11.9. The summed E-state index contributed by atoms with van der Waals surface area (Å²) in [5.41, 5.74) is 0.845. The number of anilines is 1. The van der Waals surface area contributed by atoms with Crippen LogP contribution in [0.25, 0.3) is 0 Å². The molecule has 0 aliphatic rings. The van der Waals surface area contributed by atoms with Crippen LogP contribution in [0.4, 0.5) is 5.69 Å². The third-order valence-electron chi connectivity index (χ3n) is 2.42. The van der Waals surface area contributed by atoms with E-state index in [0.717, 1.165) is 0 Å². The molecule has 0 radical (unpaired) electrons. The highest BCUT2D eigenvalue weighted by molar-refractivity contribution is 9.10. The van der Waals surface area contributed by atoms with Gasteiger partial charge < -0.3 is 5.32 Å². The molecule has 2 aromatic rings. The number of carbonyl (C=O) groups is 1. The van der Waals surface area contributed by atoms with Gasteiger partial charge in [0.15, 0.2) is 0 Å². The van der Waals surface area contributed by atoms with Crippen LogP contribution in [0.15, 0.2) is 52.1 Å². The average molecular weight is 356 g/mol. The molecule has 0 unspecified atom stereocenters. The lowest BCUT2D eigenvalue weighted by Crippen LogP contribution is -2.14. The summed E-state index contributed by atoms with van der Waals surface area (Å²) in [5.74, 6) is -0.339. The Labute approximate surface area is 124 Å². The molecule has 1 amide bonds. The Morgan fingerprint density at radius 1 is 1.30 bits per heavy atom. The number of carbonyl (C=O) groups excluding carboxylic acids is 1. The van der Waals surface area contributed by atoms with Crippen LogP contribution >= 0.6 is 15.9 Å². The Hall–Kier alpha value is -1.77. The van der Waals surface area contributed by atoms with Crippen molar-refractivity contribution in [2.75, 3.05) is 5.32 Å². The van der Waals surface area contributed by atoms with Gasteiger partial charge in [0, 0.05) is 22.6 Å². The Kier molecular flexibility index (Phi) is 4.17. The number of benzene rings is 1. The second kappa shape index (κ2) is 5.70. The van der Waals surface area contributed by atoms with Crippen molar-refractivity contribution in [3.8, 4) is 0 Å². The number of pyridine rings is 1. The van der Waals surface area contributed by atoms with E-state index in [1.54, 1.807) is 18.3 Å². The summed E-state index contributed by atoms with van der Waals surface area (Å²) < 4.78 is 22.8. The first kappa shape index (κ1) is 14.6. The standard InChI is InChI=1S/C12H10BrN3O3S/c13-10-6-9(3-4-11(10)20(14,18)19)16-12(17)8-2-1-5-15-7-8/h1-7H,(H,16,17)(H2,14,18,19). The highest BCUT2D eigenvalue weighted by Crippen LogP contribution is 2.24. The fraction of sp³-hybridized carbons (Fsp3) is 0. The molecule has 1 aromatic carbocycles. The maximum atomic E-state index is 11.9. The van der Waals surface area contributed by atoms with E-state index in [4.69, 9.17) is 5.14 Å². The molecule has 3 N–H and O–H groups in total. The van der Waals surface area contributed by atoms with Gasteiger partial charge in [0.25, 0.3) is 5.91 Å². The molecular formula is C12H10BrN3O3S. The Morgan fingerprint density at radius 3 is 2.60 bits per heavy atom. The van der Waals surface area contributed by atoms with Gasteiger partial charge in [-0.05, 0) is 46.3 Å². The van der Waals surface area contributed by atoms with Crippen LogP contribution in [0.3, 0.4) is 0 Å². The topological polar surface area (TPSA) is 102 Å². The predicted octanol–water partition coefficient (Wildman–Crippen LogP) is 1.74. The zero-order valence-electron chi connectivity index (χ0n) is 10.1. The molecule has 0 saturated carbocycles. The molecule has 0 aliphatic carbocycles. The van der Waals surface area contributed by atoms with E-state index in [-0.39, 0.29) is 15.3 Å². The van der Waals surface area contributed by atoms with Crippen LogP contribution in [0.1, 0.15) is 10.4 Å². The molecule has 1 heterocycles. The van der Waals surface area contributed by atoms with Crippen LogP contribution in [0.2, 0.25) is 0 Å². The first-order valence-electron chi connectivity index (χ1n) is 5.41. The summed E-state index contributed by atoms with van der Waals surface area (Å²) >= 11 is 3.11. The lowest BCUT2D eigenvalue weighted by molar-refractivity contribution is 0.102. The van der Waals surface area contributed by atoms with Gasteiger partial charge in [0.1, 0.15) is 0 Å². The zero-order valence-corrected chi connectivity index (χ0v) is 12.5. The van der Waals surface area contributed by atoms with E-state index in [1.807, 2.05) is 0 Å². The first-order chi connectivity index (χ1) is 9.38. The van der Waals surface area contributed by atoms with Crippen molar-refractivity contribution < 1.29 is 13.2 Å². The molecule has 1 aromatic heterocycles. The first-order valence-corrected chi connectivity index (χ1v) is 7.75. The number of aromatic nitrogens is 1. The van der Waals surface area contributed by atoms with E-state index < -0.39 is 10.0 Å². The van der Waals surface area contributed by atoms with Crippen molar-refractivity contribution in [3.63, 3.8) is 0 Å². The van der Waals surface area contributed by atoms with Gasteiger partial charge in [-0.2, -0.15) is 0 Å². The van der Waals surface area contributed by atoms with E-state index in [9.17, 15) is 13.2 Å². The van der Waals surface area contributed by atoms with E-state index >= 15 is 0 Å². The molecule has 0 saturated heterocycles. The number of nitrogens with two attached hydrogens (primary N) is 1. The number of nitrogens with zero attached hydrogens (tertiary/aromatic N) is 1. The van der Waals surface area contributed by atoms with Crippen molar-refractivity contribution in [1.29, 1.82) is 0 Å². The molecule has 6 nitrogen and oxygen atoms in total. The van der Waals surface area contributed by atoms with Crippen molar-refractivity contribution in [2.24, 2.45) is 5.14 Å². The Balaban J connectivity index is 2.24. The van der Waals surface area contributed by atoms with Gasteiger partial charge in [0.2, 0.25) is 10.0 Å². The van der Waals surface area contributed by atoms with Crippen LogP contribution in [0, 0.1) is 0 Å². The van der Waals surface area contributed by atoms with Crippen molar-refractivity contribution in [2.45, 2.75) is 4.90 Å². The molecule has 2 rings (SSSR count). The summed E-state index contributed by atoms with van der Waals surface area (Å²) in [7, 11) is -3.80. The summed E-state index contributed by atoms with van der Waals surface area (Å²) in [6, 6.07) is 7.51. The number of halogens is 1. The molecule has 20 heavy (non-hydrogen) atoms. The minimum absolute atomic E-state index is 0.0446. The molecule has 8 heteroatoms. The zero-order chi connectivity index (χ0) is 14.8. The van der Waals surface area contributed by atoms with Gasteiger partial charge in [-0.3, -0.25) is 9.78 Å². The van der Waals surface area contributed by atoms with Crippen LogP contribution in [-0.2, 0) is 10.0 Å². The molecule has 0 aliphatic heterocycles. The second-order valence-electron chi connectivity index (χ2n) is 3.89. The average Bonchev–Trinajstić information content (AvgIpc) is 2.38. The summed E-state index contributed by atoms with van der Waals surface area (Å²) in [6.07, 6.45) is 3.00. The molecule has 0 spiro atoms. The molecule has 104 valence electrons. The smallest absolute Gasteiger partial charge is 0.257 e. The monoisotopic (exact) mass is 355 g/mol. The van der Waals surface area contributed by atoms with E-state index in [1.165, 1.54) is 24.4 Å². The fourth-order valence-corrected chi connectivity index (χ4v) is 3.15. The highest BCUT2D eigenvalue weighted by Gasteiger charge is 2.13. The fourth-order valence-electron chi connectivity index (χ4n) is 1.51. The lowest BCUT2D eigenvalue weighted by Gasteiger charge is -2.07. The molecule has 0 atom stereocenters. The normalized spacial score (nSPS) is 11.1. The van der Waals surface area contributed by atoms with Gasteiger partial charge in [-0.15, -0.1) is 0 Å². The minimum Gasteiger partial charge on any atom is -0.322 e. The Morgan fingerprint density at radius 2 is 2.05 bits per heavy atom. The second-order valence-corrected chi connectivity index (χ2v) is 6.27. The number of rotatable bonds is 3. The number of hydrogen-bond acceptors (Lipinski definition) is 4. The summed E-state index contributed by atoms with van der Waals surface area (Å²) in [5, 5.41) is 7.68. The predicted molar refractivity (Wildman–Crippen MR) is 77.7 cm³/mol. The maximum Gasteiger partial charge on any atom is 0.257 e. The summed E-state index contributed by atoms with van der Waals surface area (Å²) in [6.45, 7) is 0. The number of sulfonamides is 1. The van der Waals surface area contributed by atoms with Gasteiger partial charge in [-0.25, -0.2) is 13.6 Å². The highest BCUT2D eigenvalue weighted by atomic mass is 79.9. The minimum atomic E-state index is -3.80. The largest absolute Gasteiger partial charge is 0.322 e. The van der Waals surface area contributed by atoms with Crippen LogP contribution in [0.5, 0.6) is 0 Å². The van der Waals surface area contributed by atoms with Crippen LogP contribution < -0.4 is 10.5 Å². The van der Waals surface area contributed by atoms with Gasteiger partial charge >= 0.3 is 0 Å². The lowest BCUT2D eigenvalue weighted by atomic mass is 10.2. The van der Waals surface area contributed by atoms with Crippen molar-refractivity contribution in [1.82, 2.24) is 4.98 Å².